The normalized spacial score (nSPS) is 10.7. The molecule has 0 bridgehead atoms. The third kappa shape index (κ3) is 3.07. The summed E-state index contributed by atoms with van der Waals surface area (Å²) < 4.78 is 5.74. The first-order chi connectivity index (χ1) is 9.90. The van der Waals surface area contributed by atoms with Gasteiger partial charge in [-0.1, -0.05) is 13.8 Å². The van der Waals surface area contributed by atoms with Gasteiger partial charge in [-0.2, -0.15) is 0 Å². The van der Waals surface area contributed by atoms with Crippen LogP contribution in [0.1, 0.15) is 30.9 Å². The first-order valence-corrected chi connectivity index (χ1v) is 6.43. The number of rotatable bonds is 4. The molecule has 0 radical (unpaired) electrons. The Hall–Kier alpha value is -2.70. The minimum absolute atomic E-state index is 0.0382. The molecule has 0 saturated carbocycles. The zero-order chi connectivity index (χ0) is 15.6. The Morgan fingerprint density at radius 1 is 1.33 bits per heavy atom. The van der Waals surface area contributed by atoms with Crippen molar-refractivity contribution in [3.8, 4) is 11.6 Å². The maximum atomic E-state index is 10.9. The first kappa shape index (κ1) is 14.7. The fourth-order valence-corrected chi connectivity index (χ4v) is 1.93. The number of nitro groups is 1. The van der Waals surface area contributed by atoms with E-state index < -0.39 is 4.92 Å². The van der Waals surface area contributed by atoms with E-state index in [0.29, 0.717) is 23.0 Å². The van der Waals surface area contributed by atoms with E-state index in [1.807, 2.05) is 13.8 Å². The largest absolute Gasteiger partial charge is 0.438 e. The summed E-state index contributed by atoms with van der Waals surface area (Å²) in [6.45, 7) is 5.70. The van der Waals surface area contributed by atoms with Crippen LogP contribution in [0.2, 0.25) is 0 Å². The number of nitrogens with zero attached hydrogens (tertiary/aromatic N) is 3. The van der Waals surface area contributed by atoms with Gasteiger partial charge in [0.15, 0.2) is 0 Å². The summed E-state index contributed by atoms with van der Waals surface area (Å²) in [5.41, 5.74) is 7.27. The van der Waals surface area contributed by atoms with Gasteiger partial charge < -0.3 is 10.5 Å². The maximum absolute atomic E-state index is 10.9. The van der Waals surface area contributed by atoms with E-state index in [2.05, 4.69) is 9.97 Å². The molecule has 1 aromatic carbocycles. The number of anilines is 1. The molecule has 0 saturated heterocycles. The van der Waals surface area contributed by atoms with Crippen LogP contribution in [0.15, 0.2) is 24.5 Å². The van der Waals surface area contributed by atoms with Crippen LogP contribution < -0.4 is 10.5 Å². The number of hydrogen-bond donors (Lipinski definition) is 1. The molecule has 2 aromatic rings. The lowest BCUT2D eigenvalue weighted by atomic mass is 10.1. The second-order valence-corrected chi connectivity index (χ2v) is 4.94. The number of aryl methyl sites for hydroxylation is 1. The van der Waals surface area contributed by atoms with Gasteiger partial charge in [0.2, 0.25) is 5.88 Å². The van der Waals surface area contributed by atoms with Crippen LogP contribution in [-0.2, 0) is 0 Å². The van der Waals surface area contributed by atoms with E-state index in [1.54, 1.807) is 13.0 Å². The lowest BCUT2D eigenvalue weighted by Gasteiger charge is -2.14. The Balaban J connectivity index is 2.45. The van der Waals surface area contributed by atoms with Gasteiger partial charge >= 0.3 is 0 Å². The van der Waals surface area contributed by atoms with Crippen LogP contribution in [0, 0.1) is 17.0 Å². The van der Waals surface area contributed by atoms with Gasteiger partial charge in [-0.05, 0) is 24.5 Å². The predicted octanol–water partition coefficient (Wildman–Crippen LogP) is 3.19. The molecule has 0 amide bonds. The maximum Gasteiger partial charge on any atom is 0.273 e. The fourth-order valence-electron chi connectivity index (χ4n) is 1.93. The molecule has 0 aliphatic heterocycles. The Labute approximate surface area is 121 Å². The predicted molar refractivity (Wildman–Crippen MR) is 78.4 cm³/mol. The topological polar surface area (TPSA) is 104 Å². The van der Waals surface area contributed by atoms with Crippen molar-refractivity contribution in [2.24, 2.45) is 0 Å². The molecule has 0 unspecified atom stereocenters. The lowest BCUT2D eigenvalue weighted by molar-refractivity contribution is -0.384. The summed E-state index contributed by atoms with van der Waals surface area (Å²) >= 11 is 0. The first-order valence-electron chi connectivity index (χ1n) is 6.43. The number of ether oxygens (including phenoxy) is 1. The molecule has 2 rings (SSSR count). The Kier molecular flexibility index (Phi) is 4.02. The number of non-ortho nitro benzene ring substituents is 1. The third-order valence-corrected chi connectivity index (χ3v) is 3.04. The molecule has 0 aliphatic carbocycles. The van der Waals surface area contributed by atoms with Gasteiger partial charge in [0.1, 0.15) is 17.9 Å². The second kappa shape index (κ2) is 5.74. The Morgan fingerprint density at radius 3 is 2.67 bits per heavy atom. The van der Waals surface area contributed by atoms with Crippen molar-refractivity contribution in [1.29, 1.82) is 0 Å². The number of hydrogen-bond acceptors (Lipinski definition) is 6. The average molecular weight is 288 g/mol. The van der Waals surface area contributed by atoms with Gasteiger partial charge in [0, 0.05) is 6.07 Å². The van der Waals surface area contributed by atoms with Crippen LogP contribution >= 0.6 is 0 Å². The third-order valence-electron chi connectivity index (χ3n) is 3.04. The molecule has 0 aliphatic rings. The highest BCUT2D eigenvalue weighted by atomic mass is 16.6. The summed E-state index contributed by atoms with van der Waals surface area (Å²) in [6, 6.07) is 4.44. The van der Waals surface area contributed by atoms with Crippen molar-refractivity contribution in [2.45, 2.75) is 26.7 Å². The summed E-state index contributed by atoms with van der Waals surface area (Å²) in [7, 11) is 0. The molecule has 7 nitrogen and oxygen atoms in total. The van der Waals surface area contributed by atoms with E-state index in [-0.39, 0.29) is 11.6 Å². The molecule has 0 fully saturated rings. The summed E-state index contributed by atoms with van der Waals surface area (Å²) in [5, 5.41) is 10.9. The van der Waals surface area contributed by atoms with Crippen molar-refractivity contribution < 1.29 is 9.66 Å². The van der Waals surface area contributed by atoms with Crippen molar-refractivity contribution in [1.82, 2.24) is 9.97 Å². The molecular formula is C14H16N4O3. The number of nitrogen functional groups attached to an aromatic ring is 1. The summed E-state index contributed by atoms with van der Waals surface area (Å²) in [6.07, 6.45) is 1.31. The molecular weight excluding hydrogens is 272 g/mol. The molecule has 2 N–H and O–H groups in total. The molecule has 110 valence electrons. The molecule has 1 heterocycles. The van der Waals surface area contributed by atoms with Crippen LogP contribution in [0.25, 0.3) is 0 Å². The van der Waals surface area contributed by atoms with E-state index in [9.17, 15) is 10.1 Å². The minimum atomic E-state index is -0.468. The number of aromatic nitrogens is 2. The number of benzene rings is 1. The van der Waals surface area contributed by atoms with Gasteiger partial charge in [-0.15, -0.1) is 0 Å². The number of nitrogens with two attached hydrogens (primary N) is 1. The van der Waals surface area contributed by atoms with Gasteiger partial charge in [-0.25, -0.2) is 9.97 Å². The molecule has 7 heteroatoms. The van der Waals surface area contributed by atoms with E-state index in [0.717, 1.165) is 5.56 Å². The van der Waals surface area contributed by atoms with Crippen molar-refractivity contribution in [2.75, 3.05) is 5.73 Å². The van der Waals surface area contributed by atoms with Crippen molar-refractivity contribution >= 4 is 11.5 Å². The quantitative estimate of drug-likeness (QED) is 0.684. The fraction of sp³-hybridized carbons (Fsp3) is 0.286. The lowest BCUT2D eigenvalue weighted by Crippen LogP contribution is -2.04. The second-order valence-electron chi connectivity index (χ2n) is 4.94. The van der Waals surface area contributed by atoms with Gasteiger partial charge in [0.05, 0.1) is 16.6 Å². The SMILES string of the molecule is Cc1ccc([N+](=O)[O-])cc1Oc1ncnc(N)c1C(C)C. The smallest absolute Gasteiger partial charge is 0.273 e. The van der Waals surface area contributed by atoms with Crippen LogP contribution in [0.5, 0.6) is 11.6 Å². The standard InChI is InChI=1S/C14H16N4O3/c1-8(2)12-13(15)16-7-17-14(12)21-11-6-10(18(19)20)5-4-9(11)3/h4-8H,1-3H3,(H2,15,16,17). The van der Waals surface area contributed by atoms with Crippen molar-refractivity contribution in [3.05, 3.63) is 45.8 Å². The Morgan fingerprint density at radius 2 is 2.05 bits per heavy atom. The zero-order valence-electron chi connectivity index (χ0n) is 12.0. The summed E-state index contributed by atoms with van der Waals surface area (Å²) in [5.74, 6) is 1.11. The molecule has 1 aromatic heterocycles. The van der Waals surface area contributed by atoms with Gasteiger partial charge in [0.25, 0.3) is 5.69 Å². The van der Waals surface area contributed by atoms with Gasteiger partial charge in [-0.3, -0.25) is 10.1 Å². The monoisotopic (exact) mass is 288 g/mol. The zero-order valence-corrected chi connectivity index (χ0v) is 12.0. The Bertz CT molecular complexity index is 686. The van der Waals surface area contributed by atoms with Crippen molar-refractivity contribution in [3.63, 3.8) is 0 Å². The van der Waals surface area contributed by atoms with E-state index in [4.69, 9.17) is 10.5 Å². The van der Waals surface area contributed by atoms with E-state index >= 15 is 0 Å². The highest BCUT2D eigenvalue weighted by molar-refractivity contribution is 5.50. The van der Waals surface area contributed by atoms with Crippen LogP contribution in [0.4, 0.5) is 11.5 Å². The average Bonchev–Trinajstić information content (AvgIpc) is 2.40. The number of nitro benzene ring substituents is 1. The molecule has 0 atom stereocenters. The highest BCUT2D eigenvalue weighted by Crippen LogP contribution is 2.34. The minimum Gasteiger partial charge on any atom is -0.438 e. The summed E-state index contributed by atoms with van der Waals surface area (Å²) in [4.78, 5) is 18.4. The van der Waals surface area contributed by atoms with Crippen LogP contribution in [0.3, 0.4) is 0 Å². The molecule has 0 spiro atoms. The highest BCUT2D eigenvalue weighted by Gasteiger charge is 2.17. The van der Waals surface area contributed by atoms with E-state index in [1.165, 1.54) is 18.5 Å². The van der Waals surface area contributed by atoms with Crippen LogP contribution in [-0.4, -0.2) is 14.9 Å². The molecule has 21 heavy (non-hydrogen) atoms.